The van der Waals surface area contributed by atoms with Crippen molar-refractivity contribution in [1.29, 1.82) is 0 Å². The van der Waals surface area contributed by atoms with Crippen LogP contribution in [-0.2, 0) is 15.8 Å². The van der Waals surface area contributed by atoms with Crippen LogP contribution in [0, 0.1) is 0 Å². The summed E-state index contributed by atoms with van der Waals surface area (Å²) in [5.74, 6) is 1.68. The average molecular weight is 451 g/mol. The molecule has 4 rings (SSSR count). The van der Waals surface area contributed by atoms with Crippen LogP contribution < -0.4 is 9.80 Å². The lowest BCUT2D eigenvalue weighted by atomic mass is 10.2. The zero-order valence-corrected chi connectivity index (χ0v) is 18.7. The highest BCUT2D eigenvalue weighted by atomic mass is 35.5. The highest BCUT2D eigenvalue weighted by Crippen LogP contribution is 2.20. The quantitative estimate of drug-likeness (QED) is 0.684. The van der Waals surface area contributed by atoms with Crippen molar-refractivity contribution in [3.05, 3.63) is 47.0 Å². The van der Waals surface area contributed by atoms with E-state index in [1.165, 1.54) is 0 Å². The summed E-state index contributed by atoms with van der Waals surface area (Å²) >= 11 is 5.88. The van der Waals surface area contributed by atoms with Gasteiger partial charge in [0.15, 0.2) is 11.6 Å². The van der Waals surface area contributed by atoms with Gasteiger partial charge < -0.3 is 14.7 Å². The van der Waals surface area contributed by atoms with Crippen molar-refractivity contribution in [2.75, 3.05) is 69.2 Å². The van der Waals surface area contributed by atoms with Crippen molar-refractivity contribution in [2.45, 2.75) is 5.75 Å². The Morgan fingerprint density at radius 3 is 1.80 bits per heavy atom. The van der Waals surface area contributed by atoms with Crippen LogP contribution in [0.25, 0.3) is 0 Å². The van der Waals surface area contributed by atoms with E-state index < -0.39 is 10.0 Å². The summed E-state index contributed by atoms with van der Waals surface area (Å²) in [7, 11) is -1.24. The Hall–Kier alpha value is -1.94. The first-order valence-corrected chi connectivity index (χ1v) is 12.1. The molecule has 2 aromatic rings. The highest BCUT2D eigenvalue weighted by molar-refractivity contribution is 7.88. The molecule has 0 radical (unpaired) electrons. The second-order valence-corrected chi connectivity index (χ2v) is 10.2. The predicted molar refractivity (Wildman–Crippen MR) is 120 cm³/mol. The second-order valence-electron chi connectivity index (χ2n) is 7.81. The molecule has 8 nitrogen and oxygen atoms in total. The van der Waals surface area contributed by atoms with Crippen molar-refractivity contribution in [3.8, 4) is 0 Å². The summed E-state index contributed by atoms with van der Waals surface area (Å²) in [6.07, 6.45) is 0. The van der Waals surface area contributed by atoms with E-state index in [-0.39, 0.29) is 5.75 Å². The Morgan fingerprint density at radius 2 is 1.30 bits per heavy atom. The summed E-state index contributed by atoms with van der Waals surface area (Å²) in [5, 5.41) is 9.41. The number of piperazine rings is 2. The molecule has 10 heteroatoms. The van der Waals surface area contributed by atoms with E-state index in [0.717, 1.165) is 43.4 Å². The fraction of sp³-hybridized carbons (Fsp3) is 0.500. The number of anilines is 2. The Kier molecular flexibility index (Phi) is 6.43. The van der Waals surface area contributed by atoms with Crippen LogP contribution in [0.3, 0.4) is 0 Å². The third kappa shape index (κ3) is 5.03. The number of hydrogen-bond acceptors (Lipinski definition) is 7. The Labute approximate surface area is 183 Å². The molecule has 0 aliphatic carbocycles. The van der Waals surface area contributed by atoms with Gasteiger partial charge >= 0.3 is 0 Å². The van der Waals surface area contributed by atoms with Crippen LogP contribution in [0.4, 0.5) is 11.6 Å². The number of sulfonamides is 1. The molecule has 0 saturated carbocycles. The summed E-state index contributed by atoms with van der Waals surface area (Å²) in [6, 6.07) is 10.9. The summed E-state index contributed by atoms with van der Waals surface area (Å²) in [4.78, 5) is 6.64. The normalized spacial score (nSPS) is 19.3. The summed E-state index contributed by atoms with van der Waals surface area (Å²) in [5.41, 5.74) is 0.743. The third-order valence-electron chi connectivity index (χ3n) is 5.68. The van der Waals surface area contributed by atoms with E-state index in [2.05, 4.69) is 31.9 Å². The number of benzene rings is 1. The maximum atomic E-state index is 12.8. The molecule has 2 aliphatic rings. The van der Waals surface area contributed by atoms with Gasteiger partial charge in [0, 0.05) is 57.4 Å². The maximum absolute atomic E-state index is 12.8. The molecule has 1 aromatic carbocycles. The molecule has 1 aromatic heterocycles. The van der Waals surface area contributed by atoms with Gasteiger partial charge in [0.25, 0.3) is 0 Å². The van der Waals surface area contributed by atoms with Gasteiger partial charge in [-0.1, -0.05) is 23.7 Å². The third-order valence-corrected chi connectivity index (χ3v) is 7.78. The smallest absolute Gasteiger partial charge is 0.218 e. The number of likely N-dealkylation sites (N-methyl/N-ethyl adjacent to an activating group) is 1. The first-order valence-electron chi connectivity index (χ1n) is 10.2. The van der Waals surface area contributed by atoms with E-state index >= 15 is 0 Å². The molecule has 2 saturated heterocycles. The number of hydrogen-bond donors (Lipinski definition) is 0. The average Bonchev–Trinajstić information content (AvgIpc) is 2.76. The predicted octanol–water partition coefficient (Wildman–Crippen LogP) is 1.53. The van der Waals surface area contributed by atoms with Gasteiger partial charge in [-0.15, -0.1) is 10.2 Å². The van der Waals surface area contributed by atoms with Crippen LogP contribution in [0.15, 0.2) is 36.4 Å². The van der Waals surface area contributed by atoms with Crippen LogP contribution in [0.2, 0.25) is 5.02 Å². The minimum absolute atomic E-state index is 0.0102. The lowest BCUT2D eigenvalue weighted by molar-refractivity contribution is 0.312. The summed E-state index contributed by atoms with van der Waals surface area (Å²) in [6.45, 7) is 6.04. The summed E-state index contributed by atoms with van der Waals surface area (Å²) < 4.78 is 27.1. The van der Waals surface area contributed by atoms with Crippen LogP contribution in [-0.4, -0.2) is 87.2 Å². The number of aromatic nitrogens is 2. The van der Waals surface area contributed by atoms with E-state index in [4.69, 9.17) is 11.6 Å². The molecular weight excluding hydrogens is 424 g/mol. The largest absolute Gasteiger partial charge is 0.353 e. The molecular formula is C20H27ClN6O2S. The Bertz CT molecular complexity index is 938. The number of rotatable bonds is 5. The molecule has 0 atom stereocenters. The lowest BCUT2D eigenvalue weighted by Crippen LogP contribution is -2.49. The van der Waals surface area contributed by atoms with Crippen LogP contribution in [0.5, 0.6) is 0 Å². The minimum Gasteiger partial charge on any atom is -0.353 e. The number of nitrogens with zero attached hydrogens (tertiary/aromatic N) is 6. The minimum atomic E-state index is -3.36. The van der Waals surface area contributed by atoms with Gasteiger partial charge in [0.1, 0.15) is 0 Å². The SMILES string of the molecule is CN1CCN(c2ccc(N3CCN(S(=O)(=O)Cc4ccc(Cl)cc4)CC3)nn2)CC1. The molecule has 3 heterocycles. The zero-order valence-electron chi connectivity index (χ0n) is 17.1. The van der Waals surface area contributed by atoms with Gasteiger partial charge in [0.05, 0.1) is 5.75 Å². The molecule has 0 unspecified atom stereocenters. The monoisotopic (exact) mass is 450 g/mol. The first-order chi connectivity index (χ1) is 14.4. The van der Waals surface area contributed by atoms with Crippen molar-refractivity contribution >= 4 is 33.3 Å². The van der Waals surface area contributed by atoms with E-state index in [1.807, 2.05) is 12.1 Å². The van der Waals surface area contributed by atoms with Gasteiger partial charge in [-0.2, -0.15) is 4.31 Å². The standard InChI is InChI=1S/C20H27ClN6O2S/c1-24-8-10-25(11-9-24)19-6-7-20(23-22-19)26-12-14-27(15-13-26)30(28,29)16-17-2-4-18(21)5-3-17/h2-7H,8-16H2,1H3. The van der Waals surface area contributed by atoms with E-state index in [9.17, 15) is 8.42 Å². The fourth-order valence-electron chi connectivity index (χ4n) is 3.77. The molecule has 30 heavy (non-hydrogen) atoms. The molecule has 0 N–H and O–H groups in total. The number of halogens is 1. The van der Waals surface area contributed by atoms with Gasteiger partial charge in [-0.25, -0.2) is 8.42 Å². The molecule has 2 fully saturated rings. The van der Waals surface area contributed by atoms with Crippen LogP contribution in [0.1, 0.15) is 5.56 Å². The fourth-order valence-corrected chi connectivity index (χ4v) is 5.41. The highest BCUT2D eigenvalue weighted by Gasteiger charge is 2.28. The molecule has 0 bridgehead atoms. The molecule has 162 valence electrons. The Morgan fingerprint density at radius 1 is 0.800 bits per heavy atom. The first kappa shape index (κ1) is 21.3. The van der Waals surface area contributed by atoms with Crippen LogP contribution >= 0.6 is 11.6 Å². The van der Waals surface area contributed by atoms with Crippen molar-refractivity contribution in [2.24, 2.45) is 0 Å². The second kappa shape index (κ2) is 9.05. The Balaban J connectivity index is 1.33. The van der Waals surface area contributed by atoms with E-state index in [1.54, 1.807) is 28.6 Å². The molecule has 0 spiro atoms. The topological polar surface area (TPSA) is 72.9 Å². The van der Waals surface area contributed by atoms with Crippen molar-refractivity contribution in [3.63, 3.8) is 0 Å². The molecule has 0 amide bonds. The van der Waals surface area contributed by atoms with E-state index in [0.29, 0.717) is 31.2 Å². The maximum Gasteiger partial charge on any atom is 0.218 e. The van der Waals surface area contributed by atoms with Gasteiger partial charge in [-0.05, 0) is 36.9 Å². The van der Waals surface area contributed by atoms with Gasteiger partial charge in [0.2, 0.25) is 10.0 Å². The lowest BCUT2D eigenvalue weighted by Gasteiger charge is -2.35. The zero-order chi connectivity index (χ0) is 21.1. The molecule has 2 aliphatic heterocycles. The van der Waals surface area contributed by atoms with Crippen molar-refractivity contribution < 1.29 is 8.42 Å². The van der Waals surface area contributed by atoms with Gasteiger partial charge in [-0.3, -0.25) is 0 Å². The van der Waals surface area contributed by atoms with Crippen molar-refractivity contribution in [1.82, 2.24) is 19.4 Å².